The van der Waals surface area contributed by atoms with Crippen molar-refractivity contribution in [2.45, 2.75) is 88.3 Å². The predicted molar refractivity (Wildman–Crippen MR) is 136 cm³/mol. The van der Waals surface area contributed by atoms with Gasteiger partial charge in [0.25, 0.3) is 0 Å². The number of benzene rings is 2. The molecule has 4 nitrogen and oxygen atoms in total. The summed E-state index contributed by atoms with van der Waals surface area (Å²) in [5, 5.41) is 9.63. The number of hydrogen-bond acceptors (Lipinski definition) is 3. The van der Waals surface area contributed by atoms with Crippen molar-refractivity contribution in [1.82, 2.24) is 4.90 Å². The zero-order valence-electron chi connectivity index (χ0n) is 22.6. The highest BCUT2D eigenvalue weighted by Crippen LogP contribution is 2.51. The van der Waals surface area contributed by atoms with Crippen LogP contribution in [0.5, 0.6) is 5.75 Å². The summed E-state index contributed by atoms with van der Waals surface area (Å²) in [6.07, 6.45) is -4.97. The fourth-order valence-corrected chi connectivity index (χ4v) is 6.56. The molecule has 2 aromatic rings. The van der Waals surface area contributed by atoms with Crippen LogP contribution in [0.4, 0.5) is 26.3 Å². The number of carbonyl (C=O) groups is 1. The molecule has 0 saturated heterocycles. The van der Waals surface area contributed by atoms with Gasteiger partial charge in [0.05, 0.1) is 17.0 Å². The van der Waals surface area contributed by atoms with Crippen molar-refractivity contribution >= 4 is 5.97 Å². The SMILES string of the molecule is C[C@H](C(=O)O)[C@H](c1ccc2c(c1)OC1(CC2)CC(N(C)[C@H](C)c2cc(C(F)(F)F)ccc2C(F)(F)F)C1)C1CC1. The third kappa shape index (κ3) is 5.43. The van der Waals surface area contributed by atoms with E-state index in [2.05, 4.69) is 0 Å². The fraction of sp³-hybridized carbons (Fsp3) is 0.567. The van der Waals surface area contributed by atoms with Gasteiger partial charge < -0.3 is 9.84 Å². The van der Waals surface area contributed by atoms with Crippen molar-refractivity contribution in [3.63, 3.8) is 0 Å². The Balaban J connectivity index is 1.32. The average molecular weight is 570 g/mol. The van der Waals surface area contributed by atoms with Crippen molar-refractivity contribution in [2.24, 2.45) is 11.8 Å². The minimum Gasteiger partial charge on any atom is -0.487 e. The Hall–Kier alpha value is -2.75. The molecule has 2 saturated carbocycles. The quantitative estimate of drug-likeness (QED) is 0.345. The van der Waals surface area contributed by atoms with E-state index >= 15 is 0 Å². The van der Waals surface area contributed by atoms with Gasteiger partial charge in [-0.1, -0.05) is 19.1 Å². The van der Waals surface area contributed by atoms with Crippen molar-refractivity contribution in [1.29, 1.82) is 0 Å². The summed E-state index contributed by atoms with van der Waals surface area (Å²) in [6.45, 7) is 3.23. The van der Waals surface area contributed by atoms with E-state index in [9.17, 15) is 36.2 Å². The van der Waals surface area contributed by atoms with Crippen LogP contribution in [0, 0.1) is 11.8 Å². The summed E-state index contributed by atoms with van der Waals surface area (Å²) in [7, 11) is 1.64. The molecule has 0 aromatic heterocycles. The molecule has 10 heteroatoms. The highest BCUT2D eigenvalue weighted by Gasteiger charge is 2.51. The number of nitrogens with zero attached hydrogens (tertiary/aromatic N) is 1. The van der Waals surface area contributed by atoms with Crippen LogP contribution >= 0.6 is 0 Å². The van der Waals surface area contributed by atoms with E-state index in [1.54, 1.807) is 18.9 Å². The normalized spacial score (nSPS) is 25.1. The maximum absolute atomic E-state index is 13.7. The number of rotatable bonds is 7. The van der Waals surface area contributed by atoms with Gasteiger partial charge in [0.2, 0.25) is 0 Å². The summed E-state index contributed by atoms with van der Waals surface area (Å²) < 4.78 is 87.6. The number of hydrogen-bond donors (Lipinski definition) is 1. The first kappa shape index (κ1) is 28.8. The first-order chi connectivity index (χ1) is 18.6. The Bertz CT molecular complexity index is 1280. The second kappa shape index (κ2) is 9.96. The molecule has 0 unspecified atom stereocenters. The standard InChI is InChI=1S/C30H33F6NO3/c1-16(27(38)39)26(19-5-6-19)20-7-4-18-10-11-28(40-25(18)12-20)14-22(15-28)37(3)17(2)23-13-21(29(31,32)33)8-9-24(23)30(34,35)36/h4,7-9,12-13,16-17,19,22,26H,5-6,10-11,14-15H2,1-3H3,(H,38,39)/t16-,17+,22?,26-,28?/m0/s1. The smallest absolute Gasteiger partial charge is 0.416 e. The summed E-state index contributed by atoms with van der Waals surface area (Å²) >= 11 is 0. The molecule has 2 fully saturated rings. The molecule has 0 radical (unpaired) electrons. The second-order valence-corrected chi connectivity index (χ2v) is 11.8. The summed E-state index contributed by atoms with van der Waals surface area (Å²) in [5.41, 5.74) is -1.09. The van der Waals surface area contributed by atoms with Gasteiger partial charge in [0, 0.05) is 24.9 Å². The number of carboxylic acids is 1. The van der Waals surface area contributed by atoms with E-state index in [1.165, 1.54) is 6.92 Å². The number of carboxylic acid groups (broad SMARTS) is 1. The molecular weight excluding hydrogens is 536 g/mol. The summed E-state index contributed by atoms with van der Waals surface area (Å²) in [6, 6.07) is 6.49. The zero-order valence-corrected chi connectivity index (χ0v) is 22.6. The average Bonchev–Trinajstić information content (AvgIpc) is 3.69. The van der Waals surface area contributed by atoms with E-state index in [4.69, 9.17) is 4.74 Å². The van der Waals surface area contributed by atoms with Crippen molar-refractivity contribution in [3.05, 3.63) is 64.2 Å². The first-order valence-electron chi connectivity index (χ1n) is 13.6. The van der Waals surface area contributed by atoms with Gasteiger partial charge in [0.1, 0.15) is 11.4 Å². The maximum Gasteiger partial charge on any atom is 0.416 e. The van der Waals surface area contributed by atoms with Crippen LogP contribution in [0.15, 0.2) is 36.4 Å². The lowest BCUT2D eigenvalue weighted by Crippen LogP contribution is -2.58. The Morgan fingerprint density at radius 1 is 1.02 bits per heavy atom. The Labute approximate surface area is 229 Å². The molecule has 2 aromatic carbocycles. The highest BCUT2D eigenvalue weighted by atomic mass is 19.4. The molecular formula is C30H33F6NO3. The molecule has 1 spiro atoms. The highest BCUT2D eigenvalue weighted by molar-refractivity contribution is 5.71. The Morgan fingerprint density at radius 3 is 2.27 bits per heavy atom. The summed E-state index contributed by atoms with van der Waals surface area (Å²) in [5.74, 6) is -0.398. The zero-order chi connectivity index (χ0) is 29.2. The topological polar surface area (TPSA) is 49.8 Å². The van der Waals surface area contributed by atoms with Gasteiger partial charge >= 0.3 is 18.3 Å². The largest absolute Gasteiger partial charge is 0.487 e. The van der Waals surface area contributed by atoms with Crippen LogP contribution < -0.4 is 4.74 Å². The molecule has 1 N–H and O–H groups in total. The van der Waals surface area contributed by atoms with E-state index in [0.717, 1.165) is 42.6 Å². The molecule has 3 aliphatic rings. The van der Waals surface area contributed by atoms with Crippen LogP contribution in [0.3, 0.4) is 0 Å². The van der Waals surface area contributed by atoms with E-state index < -0.39 is 52.6 Å². The van der Waals surface area contributed by atoms with Crippen LogP contribution in [0.25, 0.3) is 0 Å². The van der Waals surface area contributed by atoms with Gasteiger partial charge in [-0.25, -0.2) is 0 Å². The molecule has 218 valence electrons. The summed E-state index contributed by atoms with van der Waals surface area (Å²) in [4.78, 5) is 13.5. The van der Waals surface area contributed by atoms with Gasteiger partial charge in [-0.15, -0.1) is 0 Å². The molecule has 5 rings (SSSR count). The number of ether oxygens (including phenoxy) is 1. The van der Waals surface area contributed by atoms with Crippen molar-refractivity contribution in [3.8, 4) is 5.75 Å². The van der Waals surface area contributed by atoms with Crippen molar-refractivity contribution < 1.29 is 41.0 Å². The number of alkyl halides is 6. The van der Waals surface area contributed by atoms with Crippen LogP contribution in [-0.4, -0.2) is 34.7 Å². The van der Waals surface area contributed by atoms with Gasteiger partial charge in [0.15, 0.2) is 0 Å². The molecule has 0 amide bonds. The minimum atomic E-state index is -4.78. The van der Waals surface area contributed by atoms with E-state index in [-0.39, 0.29) is 12.0 Å². The maximum atomic E-state index is 13.7. The third-order valence-corrected chi connectivity index (χ3v) is 9.25. The van der Waals surface area contributed by atoms with Crippen LogP contribution in [0.1, 0.15) is 85.7 Å². The fourth-order valence-electron chi connectivity index (χ4n) is 6.56. The van der Waals surface area contributed by atoms with Crippen molar-refractivity contribution in [2.75, 3.05) is 7.05 Å². The number of aliphatic carboxylic acids is 1. The lowest BCUT2D eigenvalue weighted by Gasteiger charge is -2.53. The van der Waals surface area contributed by atoms with Gasteiger partial charge in [-0.3, -0.25) is 9.69 Å². The monoisotopic (exact) mass is 569 g/mol. The number of aryl methyl sites for hydroxylation is 1. The molecule has 2 aliphatic carbocycles. The van der Waals surface area contributed by atoms with Crippen LogP contribution in [-0.2, 0) is 23.6 Å². The predicted octanol–water partition coefficient (Wildman–Crippen LogP) is 7.86. The molecule has 1 aliphatic heterocycles. The lowest BCUT2D eigenvalue weighted by atomic mass is 9.69. The Kier molecular flexibility index (Phi) is 7.16. The lowest BCUT2D eigenvalue weighted by molar-refractivity contribution is -0.142. The van der Waals surface area contributed by atoms with Gasteiger partial charge in [-0.05, 0) is 92.4 Å². The third-order valence-electron chi connectivity index (χ3n) is 9.25. The van der Waals surface area contributed by atoms with Crippen LogP contribution in [0.2, 0.25) is 0 Å². The molecule has 40 heavy (non-hydrogen) atoms. The van der Waals surface area contributed by atoms with E-state index in [1.807, 2.05) is 18.2 Å². The molecule has 3 atom stereocenters. The second-order valence-electron chi connectivity index (χ2n) is 11.8. The van der Waals surface area contributed by atoms with Gasteiger partial charge in [-0.2, -0.15) is 26.3 Å². The van der Waals surface area contributed by atoms with E-state index in [0.29, 0.717) is 37.0 Å². The number of halogens is 6. The first-order valence-corrected chi connectivity index (χ1v) is 13.6. The molecule has 1 heterocycles. The Morgan fingerprint density at radius 2 is 1.70 bits per heavy atom. The molecule has 0 bridgehead atoms. The number of fused-ring (bicyclic) bond motifs is 1. The minimum absolute atomic E-state index is 0.0966.